The van der Waals surface area contributed by atoms with Gasteiger partial charge in [0.25, 0.3) is 0 Å². The van der Waals surface area contributed by atoms with Crippen molar-refractivity contribution in [3.05, 3.63) is 53.9 Å². The highest BCUT2D eigenvalue weighted by molar-refractivity contribution is 8.00. The molecule has 1 unspecified atom stereocenters. The number of hydrogen-bond acceptors (Lipinski definition) is 6. The van der Waals surface area contributed by atoms with Crippen molar-refractivity contribution in [3.8, 4) is 17.1 Å². The van der Waals surface area contributed by atoms with Crippen molar-refractivity contribution < 1.29 is 9.53 Å². The number of nitrogens with zero attached hydrogens (tertiary/aromatic N) is 4. The van der Waals surface area contributed by atoms with E-state index in [2.05, 4.69) is 48.1 Å². The molecule has 29 heavy (non-hydrogen) atoms. The average Bonchev–Trinajstić information content (AvgIpc) is 3.14. The van der Waals surface area contributed by atoms with Crippen LogP contribution in [0.4, 0.5) is 0 Å². The zero-order valence-corrected chi connectivity index (χ0v) is 18.1. The molecule has 1 atom stereocenters. The third-order valence-corrected chi connectivity index (χ3v) is 5.70. The molecule has 0 aliphatic rings. The fourth-order valence-corrected chi connectivity index (χ4v) is 3.64. The van der Waals surface area contributed by atoms with Gasteiger partial charge in [-0.25, -0.2) is 0 Å². The summed E-state index contributed by atoms with van der Waals surface area (Å²) in [6, 6.07) is 10.0. The maximum absolute atomic E-state index is 12.3. The predicted octanol–water partition coefficient (Wildman–Crippen LogP) is 4.77. The van der Waals surface area contributed by atoms with Crippen LogP contribution in [0.5, 0.6) is 0 Å². The van der Waals surface area contributed by atoms with E-state index in [0.29, 0.717) is 17.6 Å². The number of ether oxygens (including phenoxy) is 1. The van der Waals surface area contributed by atoms with E-state index < -0.39 is 0 Å². The molecule has 152 valence electrons. The van der Waals surface area contributed by atoms with Gasteiger partial charge in [0, 0.05) is 18.0 Å². The highest BCUT2D eigenvalue weighted by Gasteiger charge is 2.23. The average molecular weight is 411 g/mol. The van der Waals surface area contributed by atoms with Gasteiger partial charge < -0.3 is 4.74 Å². The lowest BCUT2D eigenvalue weighted by Gasteiger charge is -2.14. The van der Waals surface area contributed by atoms with Crippen molar-refractivity contribution in [2.24, 2.45) is 0 Å². The standard InChI is InChI=1S/C22H26N4O2S/c1-5-6-13-28-21(27)17(4)29-22-25-24-20(18-9-11-23-12-10-18)26(22)19-8-7-15(2)16(3)14-19/h7-12,14,17H,5-6,13H2,1-4H3. The first kappa shape index (κ1) is 21.0. The summed E-state index contributed by atoms with van der Waals surface area (Å²) in [6.45, 7) is 8.52. The van der Waals surface area contributed by atoms with Gasteiger partial charge in [0.1, 0.15) is 5.25 Å². The number of pyridine rings is 1. The molecular formula is C22H26N4O2S. The fourth-order valence-electron chi connectivity index (χ4n) is 2.77. The van der Waals surface area contributed by atoms with Crippen LogP contribution >= 0.6 is 11.8 Å². The van der Waals surface area contributed by atoms with Crippen molar-refractivity contribution in [1.82, 2.24) is 19.7 Å². The SMILES string of the molecule is CCCCOC(=O)C(C)Sc1nnc(-c2ccncc2)n1-c1ccc(C)c(C)c1. The Morgan fingerprint density at radius 3 is 2.59 bits per heavy atom. The number of aryl methyl sites for hydroxylation is 2. The monoisotopic (exact) mass is 410 g/mol. The Hall–Kier alpha value is -2.67. The van der Waals surface area contributed by atoms with Crippen molar-refractivity contribution in [2.45, 2.75) is 50.9 Å². The van der Waals surface area contributed by atoms with Crippen molar-refractivity contribution in [2.75, 3.05) is 6.61 Å². The van der Waals surface area contributed by atoms with Gasteiger partial charge >= 0.3 is 5.97 Å². The third kappa shape index (κ3) is 5.03. The molecule has 0 saturated heterocycles. The lowest BCUT2D eigenvalue weighted by molar-refractivity contribution is -0.142. The quantitative estimate of drug-likeness (QED) is 0.303. The molecule has 6 nitrogen and oxygen atoms in total. The van der Waals surface area contributed by atoms with Crippen LogP contribution in [0.3, 0.4) is 0 Å². The minimum Gasteiger partial charge on any atom is -0.465 e. The topological polar surface area (TPSA) is 69.9 Å². The van der Waals surface area contributed by atoms with Crippen LogP contribution in [0.15, 0.2) is 47.9 Å². The number of esters is 1. The minimum atomic E-state index is -0.383. The molecular weight excluding hydrogens is 384 g/mol. The molecule has 0 radical (unpaired) electrons. The smallest absolute Gasteiger partial charge is 0.319 e. The maximum Gasteiger partial charge on any atom is 0.319 e. The van der Waals surface area contributed by atoms with Gasteiger partial charge in [-0.2, -0.15) is 0 Å². The Morgan fingerprint density at radius 1 is 1.14 bits per heavy atom. The number of hydrogen-bond donors (Lipinski definition) is 0. The number of carbonyl (C=O) groups is 1. The summed E-state index contributed by atoms with van der Waals surface area (Å²) in [4.78, 5) is 16.4. The zero-order chi connectivity index (χ0) is 20.8. The maximum atomic E-state index is 12.3. The van der Waals surface area contributed by atoms with E-state index in [1.807, 2.05) is 29.7 Å². The Morgan fingerprint density at radius 2 is 1.90 bits per heavy atom. The van der Waals surface area contributed by atoms with E-state index >= 15 is 0 Å². The van der Waals surface area contributed by atoms with Gasteiger partial charge in [-0.1, -0.05) is 31.2 Å². The van der Waals surface area contributed by atoms with E-state index in [-0.39, 0.29) is 11.2 Å². The minimum absolute atomic E-state index is 0.233. The summed E-state index contributed by atoms with van der Waals surface area (Å²) in [5, 5.41) is 9.07. The molecule has 0 aliphatic carbocycles. The molecule has 0 fully saturated rings. The van der Waals surface area contributed by atoms with Gasteiger partial charge in [-0.3, -0.25) is 14.3 Å². The van der Waals surface area contributed by atoms with Crippen LogP contribution in [-0.4, -0.2) is 37.6 Å². The van der Waals surface area contributed by atoms with E-state index in [4.69, 9.17) is 4.74 Å². The zero-order valence-electron chi connectivity index (χ0n) is 17.3. The molecule has 0 N–H and O–H groups in total. The molecule has 0 aliphatic heterocycles. The number of rotatable bonds is 8. The summed E-state index contributed by atoms with van der Waals surface area (Å²) in [7, 11) is 0. The van der Waals surface area contributed by atoms with Crippen LogP contribution in [0.25, 0.3) is 17.1 Å². The number of benzene rings is 1. The van der Waals surface area contributed by atoms with Gasteiger partial charge in [-0.05, 0) is 62.6 Å². The summed E-state index contributed by atoms with van der Waals surface area (Å²) >= 11 is 1.36. The second-order valence-electron chi connectivity index (χ2n) is 6.93. The fraction of sp³-hybridized carbons (Fsp3) is 0.364. The van der Waals surface area contributed by atoms with Gasteiger partial charge in [0.05, 0.1) is 12.3 Å². The van der Waals surface area contributed by atoms with Crippen molar-refractivity contribution >= 4 is 17.7 Å². The highest BCUT2D eigenvalue weighted by atomic mass is 32.2. The highest BCUT2D eigenvalue weighted by Crippen LogP contribution is 2.31. The van der Waals surface area contributed by atoms with Crippen LogP contribution in [0.2, 0.25) is 0 Å². The molecule has 0 spiro atoms. The first-order valence-electron chi connectivity index (χ1n) is 9.78. The van der Waals surface area contributed by atoms with Gasteiger partial charge in [-0.15, -0.1) is 10.2 Å². The number of unbranched alkanes of at least 4 members (excludes halogenated alkanes) is 1. The van der Waals surface area contributed by atoms with Crippen molar-refractivity contribution in [3.63, 3.8) is 0 Å². The van der Waals surface area contributed by atoms with Gasteiger partial charge in [0.2, 0.25) is 0 Å². The summed E-state index contributed by atoms with van der Waals surface area (Å²) in [5.74, 6) is 0.480. The van der Waals surface area contributed by atoms with E-state index in [9.17, 15) is 4.79 Å². The van der Waals surface area contributed by atoms with Gasteiger partial charge in [0.15, 0.2) is 11.0 Å². The Bertz CT molecular complexity index is 972. The normalized spacial score (nSPS) is 12.0. The summed E-state index contributed by atoms with van der Waals surface area (Å²) in [5.41, 5.74) is 4.27. The van der Waals surface area contributed by atoms with Crippen LogP contribution in [0.1, 0.15) is 37.8 Å². The predicted molar refractivity (Wildman–Crippen MR) is 115 cm³/mol. The molecule has 0 saturated carbocycles. The molecule has 0 amide bonds. The Labute approximate surface area is 175 Å². The van der Waals surface area contributed by atoms with E-state index in [1.165, 1.54) is 22.9 Å². The van der Waals surface area contributed by atoms with Crippen LogP contribution < -0.4 is 0 Å². The number of aromatic nitrogens is 4. The molecule has 2 heterocycles. The number of carbonyl (C=O) groups excluding carboxylic acids is 1. The van der Waals surface area contributed by atoms with Crippen LogP contribution in [0, 0.1) is 13.8 Å². The lowest BCUT2D eigenvalue weighted by Crippen LogP contribution is -2.18. The molecule has 7 heteroatoms. The lowest BCUT2D eigenvalue weighted by atomic mass is 10.1. The largest absolute Gasteiger partial charge is 0.465 e. The molecule has 2 aromatic heterocycles. The van der Waals surface area contributed by atoms with E-state index in [0.717, 1.165) is 24.1 Å². The second kappa shape index (κ2) is 9.69. The Kier molecular flexibility index (Phi) is 7.04. The van der Waals surface area contributed by atoms with Crippen LogP contribution in [-0.2, 0) is 9.53 Å². The van der Waals surface area contributed by atoms with E-state index in [1.54, 1.807) is 12.4 Å². The molecule has 1 aromatic carbocycles. The first-order chi connectivity index (χ1) is 14.0. The summed E-state index contributed by atoms with van der Waals surface area (Å²) in [6.07, 6.45) is 5.32. The molecule has 3 rings (SSSR count). The van der Waals surface area contributed by atoms with Crippen molar-refractivity contribution in [1.29, 1.82) is 0 Å². The molecule has 0 bridgehead atoms. The summed E-state index contributed by atoms with van der Waals surface area (Å²) < 4.78 is 7.35. The number of thioether (sulfide) groups is 1. The third-order valence-electron chi connectivity index (χ3n) is 4.68. The second-order valence-corrected chi connectivity index (χ2v) is 8.24. The first-order valence-corrected chi connectivity index (χ1v) is 10.7. The Balaban J connectivity index is 1.96. The molecule has 3 aromatic rings.